The van der Waals surface area contributed by atoms with E-state index in [1.807, 2.05) is 74.5 Å². The Labute approximate surface area is 265 Å². The van der Waals surface area contributed by atoms with Gasteiger partial charge in [0.15, 0.2) is 0 Å². The molecule has 0 aliphatic heterocycles. The predicted octanol–water partition coefficient (Wildman–Crippen LogP) is 3.87. The second kappa shape index (κ2) is 17.6. The van der Waals surface area contributed by atoms with Gasteiger partial charge in [0, 0.05) is 6.42 Å². The smallest absolute Gasteiger partial charge is 0.408 e. The minimum absolute atomic E-state index is 0.0313. The summed E-state index contributed by atoms with van der Waals surface area (Å²) >= 11 is 0. The molecule has 10 heteroatoms. The number of ether oxygens (including phenoxy) is 1. The van der Waals surface area contributed by atoms with E-state index in [0.29, 0.717) is 18.5 Å². The molecule has 0 aliphatic carbocycles. The summed E-state index contributed by atoms with van der Waals surface area (Å²) in [5, 5.41) is 20.7. The number of aromatic hydroxyl groups is 1. The zero-order valence-electron chi connectivity index (χ0n) is 26.3. The van der Waals surface area contributed by atoms with Crippen molar-refractivity contribution in [1.29, 1.82) is 0 Å². The number of benzene rings is 3. The lowest BCUT2D eigenvalue weighted by Crippen LogP contribution is -2.58. The summed E-state index contributed by atoms with van der Waals surface area (Å²) in [6, 6.07) is 22.4. The summed E-state index contributed by atoms with van der Waals surface area (Å²) < 4.78 is 5.30. The summed E-state index contributed by atoms with van der Waals surface area (Å²) in [7, 11) is 0. The van der Waals surface area contributed by atoms with E-state index in [9.17, 15) is 24.3 Å². The van der Waals surface area contributed by atoms with Crippen LogP contribution >= 0.6 is 0 Å². The van der Waals surface area contributed by atoms with Gasteiger partial charge in [0.05, 0.1) is 6.04 Å². The number of nitrogens with one attached hydrogen (secondary N) is 4. The maximum Gasteiger partial charge on any atom is 0.408 e. The highest BCUT2D eigenvalue weighted by Crippen LogP contribution is 2.13. The molecule has 3 atom stereocenters. The van der Waals surface area contributed by atoms with Crippen LogP contribution < -0.4 is 21.3 Å². The third-order valence-corrected chi connectivity index (χ3v) is 7.26. The average Bonchev–Trinajstić information content (AvgIpc) is 3.02. The van der Waals surface area contributed by atoms with E-state index in [-0.39, 0.29) is 30.6 Å². The van der Waals surface area contributed by atoms with Crippen LogP contribution in [0.5, 0.6) is 5.75 Å². The van der Waals surface area contributed by atoms with Crippen molar-refractivity contribution in [3.05, 3.63) is 102 Å². The van der Waals surface area contributed by atoms with Crippen LogP contribution in [0.2, 0.25) is 0 Å². The minimum Gasteiger partial charge on any atom is -0.508 e. The number of rotatable bonds is 15. The molecule has 0 fully saturated rings. The topological polar surface area (TPSA) is 146 Å². The van der Waals surface area contributed by atoms with Crippen molar-refractivity contribution in [2.75, 3.05) is 6.54 Å². The van der Waals surface area contributed by atoms with Gasteiger partial charge < -0.3 is 25.8 Å². The Morgan fingerprint density at radius 1 is 0.667 bits per heavy atom. The Balaban J connectivity index is 1.68. The van der Waals surface area contributed by atoms with E-state index in [1.165, 1.54) is 12.1 Å². The highest BCUT2D eigenvalue weighted by molar-refractivity contribution is 6.01. The Morgan fingerprint density at radius 3 is 1.82 bits per heavy atom. The van der Waals surface area contributed by atoms with Crippen LogP contribution in [-0.4, -0.2) is 53.6 Å². The Hall–Kier alpha value is -4.70. The molecule has 3 aromatic carbocycles. The third-order valence-electron chi connectivity index (χ3n) is 7.26. The first-order chi connectivity index (χ1) is 21.5. The van der Waals surface area contributed by atoms with Crippen molar-refractivity contribution in [2.45, 2.75) is 65.3 Å². The van der Waals surface area contributed by atoms with Crippen LogP contribution in [0, 0.1) is 11.8 Å². The van der Waals surface area contributed by atoms with E-state index in [0.717, 1.165) is 11.1 Å². The fourth-order valence-electron chi connectivity index (χ4n) is 4.70. The summed E-state index contributed by atoms with van der Waals surface area (Å²) in [4.78, 5) is 52.8. The Bertz CT molecular complexity index is 1380. The van der Waals surface area contributed by atoms with Gasteiger partial charge in [0.1, 0.15) is 24.4 Å². The van der Waals surface area contributed by atoms with Crippen molar-refractivity contribution in [2.24, 2.45) is 11.8 Å². The van der Waals surface area contributed by atoms with Gasteiger partial charge in [0.2, 0.25) is 17.7 Å². The molecule has 0 unspecified atom stereocenters. The molecular formula is C35H44N4O6. The van der Waals surface area contributed by atoms with Gasteiger partial charge in [-0.3, -0.25) is 19.7 Å². The van der Waals surface area contributed by atoms with Gasteiger partial charge in [-0.05, 0) is 53.6 Å². The first-order valence-electron chi connectivity index (χ1n) is 15.2. The summed E-state index contributed by atoms with van der Waals surface area (Å²) in [5.74, 6) is -2.20. The van der Waals surface area contributed by atoms with Crippen LogP contribution in [0.3, 0.4) is 0 Å². The fourth-order valence-corrected chi connectivity index (χ4v) is 4.70. The number of alkyl carbamates (subject to hydrolysis) is 1. The lowest BCUT2D eigenvalue weighted by molar-refractivity contribution is -0.136. The largest absolute Gasteiger partial charge is 0.508 e. The van der Waals surface area contributed by atoms with Crippen molar-refractivity contribution < 1.29 is 29.0 Å². The molecule has 10 nitrogen and oxygen atoms in total. The van der Waals surface area contributed by atoms with Crippen molar-refractivity contribution >= 4 is 23.8 Å². The Kier molecular flexibility index (Phi) is 13.6. The molecule has 3 rings (SSSR count). The van der Waals surface area contributed by atoms with Crippen molar-refractivity contribution in [3.8, 4) is 5.75 Å². The molecule has 0 aromatic heterocycles. The molecule has 0 heterocycles. The van der Waals surface area contributed by atoms with Gasteiger partial charge in [-0.2, -0.15) is 0 Å². The number of hydrogen-bond acceptors (Lipinski definition) is 7. The highest BCUT2D eigenvalue weighted by atomic mass is 16.5. The zero-order valence-corrected chi connectivity index (χ0v) is 26.3. The minimum atomic E-state index is -1.15. The first kappa shape index (κ1) is 34.8. The predicted molar refractivity (Wildman–Crippen MR) is 172 cm³/mol. The normalized spacial score (nSPS) is 13.0. The molecule has 0 aliphatic rings. The quantitative estimate of drug-likeness (QED) is 0.174. The Morgan fingerprint density at radius 2 is 1.24 bits per heavy atom. The van der Waals surface area contributed by atoms with Gasteiger partial charge in [-0.1, -0.05) is 100 Å². The molecule has 0 saturated heterocycles. The van der Waals surface area contributed by atoms with Crippen molar-refractivity contribution in [1.82, 2.24) is 21.3 Å². The average molecular weight is 617 g/mol. The molecule has 0 saturated carbocycles. The van der Waals surface area contributed by atoms with Crippen LogP contribution in [-0.2, 0) is 38.6 Å². The molecule has 0 spiro atoms. The SMILES string of the molecule is CC(C)[C@H](NCCc1ccccc1)C(=O)NC(=O)[C@H](Cc1ccc(O)cc1)NC(=O)[C@@H](NC(=O)OCc1ccccc1)C(C)C. The number of hydrogen-bond donors (Lipinski definition) is 5. The first-order valence-corrected chi connectivity index (χ1v) is 15.2. The van der Waals surface area contributed by atoms with Crippen LogP contribution in [0.15, 0.2) is 84.9 Å². The van der Waals surface area contributed by atoms with Gasteiger partial charge in [-0.25, -0.2) is 4.79 Å². The van der Waals surface area contributed by atoms with E-state index in [1.54, 1.807) is 26.0 Å². The highest BCUT2D eigenvalue weighted by Gasteiger charge is 2.31. The van der Waals surface area contributed by atoms with Crippen LogP contribution in [0.4, 0.5) is 4.79 Å². The molecule has 3 aromatic rings. The van der Waals surface area contributed by atoms with Gasteiger partial charge in [0.25, 0.3) is 0 Å². The molecule has 0 radical (unpaired) electrons. The second-order valence-electron chi connectivity index (χ2n) is 11.6. The van der Waals surface area contributed by atoms with Crippen LogP contribution in [0.25, 0.3) is 0 Å². The zero-order chi connectivity index (χ0) is 32.8. The number of amides is 4. The monoisotopic (exact) mass is 616 g/mol. The number of carbonyl (C=O) groups is 4. The number of carbonyl (C=O) groups excluding carboxylic acids is 4. The fraction of sp³-hybridized carbons (Fsp3) is 0.371. The number of phenols is 1. The number of phenolic OH excluding ortho intramolecular Hbond substituents is 1. The molecular weight excluding hydrogens is 572 g/mol. The van der Waals surface area contributed by atoms with E-state index >= 15 is 0 Å². The summed E-state index contributed by atoms with van der Waals surface area (Å²) in [5.41, 5.74) is 2.57. The van der Waals surface area contributed by atoms with E-state index < -0.39 is 41.9 Å². The molecule has 5 N–H and O–H groups in total. The second-order valence-corrected chi connectivity index (χ2v) is 11.6. The van der Waals surface area contributed by atoms with Gasteiger partial charge >= 0.3 is 6.09 Å². The van der Waals surface area contributed by atoms with Crippen molar-refractivity contribution in [3.63, 3.8) is 0 Å². The van der Waals surface area contributed by atoms with Crippen LogP contribution in [0.1, 0.15) is 44.4 Å². The molecule has 45 heavy (non-hydrogen) atoms. The molecule has 4 amide bonds. The lowest BCUT2D eigenvalue weighted by Gasteiger charge is -2.26. The standard InChI is InChI=1S/C35H44N4O6/c1-23(2)30(36-20-19-25-11-7-5-8-12-25)33(42)39-32(41)29(21-26-15-17-28(40)18-16-26)37-34(43)31(24(3)4)38-35(44)45-22-27-13-9-6-10-14-27/h5-18,23-24,29-31,36,40H,19-22H2,1-4H3,(H,37,43)(H,38,44)(H,39,41,42)/t29-,30-,31-/m0/s1. The number of imide groups is 1. The summed E-state index contributed by atoms with van der Waals surface area (Å²) in [6.07, 6.45) is -0.0199. The summed E-state index contributed by atoms with van der Waals surface area (Å²) in [6.45, 7) is 7.85. The molecule has 240 valence electrons. The lowest BCUT2D eigenvalue weighted by atomic mass is 10.00. The van der Waals surface area contributed by atoms with Gasteiger partial charge in [-0.15, -0.1) is 0 Å². The van der Waals surface area contributed by atoms with E-state index in [4.69, 9.17) is 4.74 Å². The maximum atomic E-state index is 13.5. The van der Waals surface area contributed by atoms with E-state index in [2.05, 4.69) is 21.3 Å². The third kappa shape index (κ3) is 11.7. The maximum absolute atomic E-state index is 13.5. The molecule has 0 bridgehead atoms.